The predicted octanol–water partition coefficient (Wildman–Crippen LogP) is 2.34. The van der Waals surface area contributed by atoms with Gasteiger partial charge in [-0.2, -0.15) is 11.8 Å². The number of carbonyl (C=O) groups is 1. The molecule has 134 valence electrons. The molecule has 0 heterocycles. The third-order valence-electron chi connectivity index (χ3n) is 3.78. The molecule has 0 spiro atoms. The summed E-state index contributed by atoms with van der Waals surface area (Å²) in [6.45, 7) is 6.38. The van der Waals surface area contributed by atoms with E-state index in [1.165, 1.54) is 0 Å². The van der Waals surface area contributed by atoms with Gasteiger partial charge >= 0.3 is 0 Å². The van der Waals surface area contributed by atoms with Crippen molar-refractivity contribution >= 4 is 23.6 Å². The SMILES string of the molecule is CN=C(NCCC(=O)N(C)Cc1ccccc1)NCC(C)(C)SC. The largest absolute Gasteiger partial charge is 0.356 e. The van der Waals surface area contributed by atoms with Crippen LogP contribution in [0.1, 0.15) is 25.8 Å². The summed E-state index contributed by atoms with van der Waals surface area (Å²) in [5, 5.41) is 6.49. The summed E-state index contributed by atoms with van der Waals surface area (Å²) in [4.78, 5) is 18.2. The highest BCUT2D eigenvalue weighted by atomic mass is 32.2. The normalized spacial score (nSPS) is 12.0. The van der Waals surface area contributed by atoms with Crippen molar-refractivity contribution in [3.8, 4) is 0 Å². The zero-order chi connectivity index (χ0) is 18.0. The Morgan fingerprint density at radius 3 is 2.50 bits per heavy atom. The topological polar surface area (TPSA) is 56.7 Å². The minimum Gasteiger partial charge on any atom is -0.356 e. The van der Waals surface area contributed by atoms with Gasteiger partial charge in [0.15, 0.2) is 5.96 Å². The number of aliphatic imine (C=N–C) groups is 1. The first-order valence-corrected chi connectivity index (χ1v) is 9.38. The summed E-state index contributed by atoms with van der Waals surface area (Å²) >= 11 is 1.81. The lowest BCUT2D eigenvalue weighted by Gasteiger charge is -2.24. The highest BCUT2D eigenvalue weighted by Crippen LogP contribution is 2.19. The van der Waals surface area contributed by atoms with Gasteiger partial charge in [-0.15, -0.1) is 0 Å². The van der Waals surface area contributed by atoms with Crippen LogP contribution in [0.4, 0.5) is 0 Å². The molecule has 0 aliphatic carbocycles. The lowest BCUT2D eigenvalue weighted by molar-refractivity contribution is -0.130. The van der Waals surface area contributed by atoms with Crippen LogP contribution < -0.4 is 10.6 Å². The van der Waals surface area contributed by atoms with Gasteiger partial charge < -0.3 is 15.5 Å². The standard InChI is InChI=1S/C18H30N4OS/c1-18(2,24-5)14-21-17(19-3)20-12-11-16(23)22(4)13-15-9-7-6-8-10-15/h6-10H,11-14H2,1-5H3,(H2,19,20,21). The zero-order valence-corrected chi connectivity index (χ0v) is 16.2. The summed E-state index contributed by atoms with van der Waals surface area (Å²) in [5.74, 6) is 0.849. The number of thioether (sulfide) groups is 1. The Morgan fingerprint density at radius 2 is 1.92 bits per heavy atom. The Morgan fingerprint density at radius 1 is 1.25 bits per heavy atom. The van der Waals surface area contributed by atoms with Crippen molar-refractivity contribution in [1.29, 1.82) is 0 Å². The van der Waals surface area contributed by atoms with Crippen LogP contribution in [0.15, 0.2) is 35.3 Å². The fourth-order valence-corrected chi connectivity index (χ4v) is 2.23. The van der Waals surface area contributed by atoms with E-state index in [9.17, 15) is 4.79 Å². The van der Waals surface area contributed by atoms with E-state index < -0.39 is 0 Å². The molecule has 0 unspecified atom stereocenters. The van der Waals surface area contributed by atoms with Gasteiger partial charge in [0.25, 0.3) is 0 Å². The maximum absolute atomic E-state index is 12.2. The van der Waals surface area contributed by atoms with E-state index in [1.807, 2.05) is 49.1 Å². The summed E-state index contributed by atoms with van der Waals surface area (Å²) in [6.07, 6.45) is 2.54. The Hall–Kier alpha value is -1.69. The second-order valence-corrected chi connectivity index (χ2v) is 7.82. The average Bonchev–Trinajstić information content (AvgIpc) is 2.58. The number of benzene rings is 1. The van der Waals surface area contributed by atoms with Crippen molar-refractivity contribution < 1.29 is 4.79 Å². The molecule has 0 radical (unpaired) electrons. The second-order valence-electron chi connectivity index (χ2n) is 6.30. The third-order valence-corrected chi connectivity index (χ3v) is 5.03. The zero-order valence-electron chi connectivity index (χ0n) is 15.4. The van der Waals surface area contributed by atoms with Crippen LogP contribution in [0.2, 0.25) is 0 Å². The van der Waals surface area contributed by atoms with Crippen molar-refractivity contribution in [2.75, 3.05) is 33.4 Å². The van der Waals surface area contributed by atoms with E-state index >= 15 is 0 Å². The van der Waals surface area contributed by atoms with Crippen LogP contribution in [-0.2, 0) is 11.3 Å². The van der Waals surface area contributed by atoms with Crippen molar-refractivity contribution in [1.82, 2.24) is 15.5 Å². The summed E-state index contributed by atoms with van der Waals surface area (Å²) < 4.78 is 0.142. The van der Waals surface area contributed by atoms with Gasteiger partial charge in [0.05, 0.1) is 0 Å². The lowest BCUT2D eigenvalue weighted by atomic mass is 10.2. The van der Waals surface area contributed by atoms with Gasteiger partial charge in [-0.3, -0.25) is 9.79 Å². The van der Waals surface area contributed by atoms with Crippen LogP contribution in [-0.4, -0.2) is 55.0 Å². The number of amides is 1. The van der Waals surface area contributed by atoms with Gasteiger partial charge in [0.2, 0.25) is 5.91 Å². The minimum absolute atomic E-state index is 0.117. The summed E-state index contributed by atoms with van der Waals surface area (Å²) in [6, 6.07) is 10.0. The average molecular weight is 351 g/mol. The van der Waals surface area contributed by atoms with E-state index in [1.54, 1.807) is 11.9 Å². The molecule has 5 nitrogen and oxygen atoms in total. The molecule has 6 heteroatoms. The first-order chi connectivity index (χ1) is 11.4. The third kappa shape index (κ3) is 7.73. The molecule has 2 N–H and O–H groups in total. The van der Waals surface area contributed by atoms with Gasteiger partial charge in [-0.1, -0.05) is 30.3 Å². The highest BCUT2D eigenvalue weighted by molar-refractivity contribution is 7.99. The molecule has 0 aliphatic heterocycles. The molecular weight excluding hydrogens is 320 g/mol. The Balaban J connectivity index is 2.33. The quantitative estimate of drug-likeness (QED) is 0.558. The van der Waals surface area contributed by atoms with Crippen LogP contribution in [0, 0.1) is 0 Å². The molecule has 0 aliphatic rings. The van der Waals surface area contributed by atoms with Gasteiger partial charge in [0.1, 0.15) is 0 Å². The first-order valence-electron chi connectivity index (χ1n) is 8.15. The van der Waals surface area contributed by atoms with Gasteiger partial charge in [0, 0.05) is 44.9 Å². The second kappa shape index (κ2) is 10.2. The van der Waals surface area contributed by atoms with E-state index in [2.05, 4.69) is 35.7 Å². The summed E-state index contributed by atoms with van der Waals surface area (Å²) in [7, 11) is 3.58. The first kappa shape index (κ1) is 20.4. The Labute approximate surface area is 150 Å². The fraction of sp³-hybridized carbons (Fsp3) is 0.556. The van der Waals surface area contributed by atoms with Gasteiger partial charge in [-0.05, 0) is 25.7 Å². The molecule has 1 aromatic rings. The predicted molar refractivity (Wildman–Crippen MR) is 104 cm³/mol. The Bertz CT molecular complexity index is 531. The number of nitrogens with one attached hydrogen (secondary N) is 2. The van der Waals surface area contributed by atoms with E-state index in [0.29, 0.717) is 19.5 Å². The van der Waals surface area contributed by atoms with Crippen molar-refractivity contribution in [3.63, 3.8) is 0 Å². The van der Waals surface area contributed by atoms with Crippen LogP contribution >= 0.6 is 11.8 Å². The smallest absolute Gasteiger partial charge is 0.224 e. The van der Waals surface area contributed by atoms with E-state index in [-0.39, 0.29) is 10.7 Å². The van der Waals surface area contributed by atoms with E-state index in [4.69, 9.17) is 0 Å². The number of rotatable bonds is 8. The maximum Gasteiger partial charge on any atom is 0.224 e. The van der Waals surface area contributed by atoms with E-state index in [0.717, 1.165) is 18.1 Å². The maximum atomic E-state index is 12.2. The molecule has 1 aromatic carbocycles. The molecule has 0 aromatic heterocycles. The van der Waals surface area contributed by atoms with Crippen LogP contribution in [0.25, 0.3) is 0 Å². The lowest BCUT2D eigenvalue weighted by Crippen LogP contribution is -2.44. The molecule has 24 heavy (non-hydrogen) atoms. The van der Waals surface area contributed by atoms with Crippen LogP contribution in [0.3, 0.4) is 0 Å². The van der Waals surface area contributed by atoms with Crippen molar-refractivity contribution in [2.45, 2.75) is 31.6 Å². The van der Waals surface area contributed by atoms with Crippen molar-refractivity contribution in [2.24, 2.45) is 4.99 Å². The highest BCUT2D eigenvalue weighted by Gasteiger charge is 2.16. The number of guanidine groups is 1. The summed E-state index contributed by atoms with van der Waals surface area (Å²) in [5.41, 5.74) is 1.14. The number of hydrogen-bond donors (Lipinski definition) is 2. The molecule has 0 fully saturated rings. The Kier molecular flexibility index (Phi) is 8.68. The number of carbonyl (C=O) groups excluding carboxylic acids is 1. The molecular formula is C18H30N4OS. The molecule has 1 rings (SSSR count). The number of nitrogens with zero attached hydrogens (tertiary/aromatic N) is 2. The minimum atomic E-state index is 0.117. The van der Waals surface area contributed by atoms with Crippen molar-refractivity contribution in [3.05, 3.63) is 35.9 Å². The fourth-order valence-electron chi connectivity index (χ4n) is 2.01. The molecule has 0 saturated carbocycles. The molecule has 0 saturated heterocycles. The van der Waals surface area contributed by atoms with Gasteiger partial charge in [-0.25, -0.2) is 0 Å². The molecule has 0 atom stereocenters. The van der Waals surface area contributed by atoms with Crippen LogP contribution in [0.5, 0.6) is 0 Å². The monoisotopic (exact) mass is 350 g/mol. The molecule has 0 bridgehead atoms. The molecule has 1 amide bonds. The number of hydrogen-bond acceptors (Lipinski definition) is 3.